The van der Waals surface area contributed by atoms with Gasteiger partial charge in [-0.2, -0.15) is 0 Å². The molecule has 1 aromatic heterocycles. The van der Waals surface area contributed by atoms with Crippen LogP contribution in [-0.4, -0.2) is 38.0 Å². The molecule has 0 saturated carbocycles. The third-order valence-corrected chi connectivity index (χ3v) is 5.04. The molecule has 0 aliphatic rings. The van der Waals surface area contributed by atoms with E-state index < -0.39 is 10.0 Å². The molecule has 0 bridgehead atoms. The van der Waals surface area contributed by atoms with Crippen LogP contribution < -0.4 is 15.4 Å². The highest BCUT2D eigenvalue weighted by Crippen LogP contribution is 2.12. The predicted molar refractivity (Wildman–Crippen MR) is 100 cm³/mol. The minimum atomic E-state index is -3.50. The Kier molecular flexibility index (Phi) is 6.72. The molecule has 0 amide bonds. The Morgan fingerprint density at radius 3 is 2.20 bits per heavy atom. The molecule has 1 heterocycles. The molecule has 25 heavy (non-hydrogen) atoms. The Labute approximate surface area is 149 Å². The molecule has 0 fully saturated rings. The minimum absolute atomic E-state index is 0.261. The summed E-state index contributed by atoms with van der Waals surface area (Å²) < 4.78 is 27.1. The van der Waals surface area contributed by atoms with Crippen LogP contribution in [0.4, 0.5) is 11.6 Å². The van der Waals surface area contributed by atoms with Gasteiger partial charge in [0, 0.05) is 25.7 Å². The zero-order chi connectivity index (χ0) is 18.3. The van der Waals surface area contributed by atoms with E-state index in [2.05, 4.69) is 25.3 Å². The lowest BCUT2D eigenvalue weighted by Crippen LogP contribution is -2.29. The summed E-state index contributed by atoms with van der Waals surface area (Å²) in [5.41, 5.74) is 1.11. The maximum absolute atomic E-state index is 12.3. The van der Waals surface area contributed by atoms with Crippen molar-refractivity contribution in [2.45, 2.75) is 32.1 Å². The van der Waals surface area contributed by atoms with E-state index in [4.69, 9.17) is 0 Å². The Morgan fingerprint density at radius 1 is 0.960 bits per heavy atom. The Balaban J connectivity index is 1.89. The molecular weight excluding hydrogens is 338 g/mol. The average Bonchev–Trinajstić information content (AvgIpc) is 2.59. The topological polar surface area (TPSA) is 96.0 Å². The van der Waals surface area contributed by atoms with Crippen molar-refractivity contribution in [3.05, 3.63) is 41.7 Å². The number of aromatic nitrogens is 2. The van der Waals surface area contributed by atoms with E-state index in [1.165, 1.54) is 0 Å². The van der Waals surface area contributed by atoms with Gasteiger partial charge in [0.15, 0.2) is 0 Å². The first kappa shape index (κ1) is 19.1. The van der Waals surface area contributed by atoms with Crippen molar-refractivity contribution in [3.8, 4) is 0 Å². The van der Waals surface area contributed by atoms with E-state index in [0.29, 0.717) is 18.2 Å². The van der Waals surface area contributed by atoms with Crippen LogP contribution in [0, 0.1) is 6.92 Å². The molecule has 0 spiro atoms. The third kappa shape index (κ3) is 5.68. The molecule has 3 N–H and O–H groups in total. The number of nitrogens with one attached hydrogen (secondary N) is 3. The highest BCUT2D eigenvalue weighted by Gasteiger charge is 2.12. The molecule has 0 aliphatic heterocycles. The molecule has 0 atom stereocenters. The normalized spacial score (nSPS) is 11.3. The average molecular weight is 363 g/mol. The molecule has 7 nitrogen and oxygen atoms in total. The van der Waals surface area contributed by atoms with Gasteiger partial charge in [0.25, 0.3) is 0 Å². The lowest BCUT2D eigenvalue weighted by atomic mass is 10.2. The zero-order valence-corrected chi connectivity index (χ0v) is 15.7. The number of nitrogens with zero attached hydrogens (tertiary/aromatic N) is 2. The van der Waals surface area contributed by atoms with Crippen LogP contribution in [0.15, 0.2) is 35.2 Å². The highest BCUT2D eigenvalue weighted by atomic mass is 32.2. The van der Waals surface area contributed by atoms with Crippen molar-refractivity contribution >= 4 is 21.7 Å². The number of hydrogen-bond acceptors (Lipinski definition) is 6. The van der Waals surface area contributed by atoms with Gasteiger partial charge in [-0.15, -0.1) is 0 Å². The molecule has 8 heteroatoms. The van der Waals surface area contributed by atoms with Crippen molar-refractivity contribution < 1.29 is 8.42 Å². The first-order valence-corrected chi connectivity index (χ1v) is 9.85. The van der Waals surface area contributed by atoms with Gasteiger partial charge in [-0.25, -0.2) is 23.1 Å². The number of benzene rings is 1. The summed E-state index contributed by atoms with van der Waals surface area (Å²) in [7, 11) is -3.50. The summed E-state index contributed by atoms with van der Waals surface area (Å²) in [5, 5.41) is 6.24. The molecule has 2 rings (SSSR count). The molecule has 136 valence electrons. The van der Waals surface area contributed by atoms with Crippen LogP contribution in [0.1, 0.15) is 25.2 Å². The second-order valence-corrected chi connectivity index (χ2v) is 7.30. The van der Waals surface area contributed by atoms with Crippen molar-refractivity contribution in [1.29, 1.82) is 0 Å². The van der Waals surface area contributed by atoms with Gasteiger partial charge in [-0.05, 0) is 38.0 Å². The van der Waals surface area contributed by atoms with Crippen LogP contribution in [-0.2, 0) is 16.4 Å². The van der Waals surface area contributed by atoms with Crippen LogP contribution in [0.3, 0.4) is 0 Å². The second-order valence-electron chi connectivity index (χ2n) is 5.54. The lowest BCUT2D eigenvalue weighted by Gasteiger charge is -2.10. The number of anilines is 2. The van der Waals surface area contributed by atoms with Gasteiger partial charge in [-0.3, -0.25) is 0 Å². The fraction of sp³-hybridized carbons (Fsp3) is 0.412. The van der Waals surface area contributed by atoms with Gasteiger partial charge < -0.3 is 10.6 Å². The highest BCUT2D eigenvalue weighted by molar-refractivity contribution is 7.89. The Hall–Kier alpha value is -2.19. The van der Waals surface area contributed by atoms with E-state index >= 15 is 0 Å². The van der Waals surface area contributed by atoms with Crippen LogP contribution in [0.2, 0.25) is 0 Å². The number of sulfonamides is 1. The largest absolute Gasteiger partial charge is 0.370 e. The van der Waals surface area contributed by atoms with E-state index in [0.717, 1.165) is 24.3 Å². The van der Waals surface area contributed by atoms with E-state index in [-0.39, 0.29) is 11.4 Å². The number of hydrogen-bond donors (Lipinski definition) is 3. The van der Waals surface area contributed by atoms with Crippen molar-refractivity contribution in [1.82, 2.24) is 14.7 Å². The predicted octanol–water partition coefficient (Wildman–Crippen LogP) is 2.17. The lowest BCUT2D eigenvalue weighted by molar-refractivity contribution is 0.583. The standard InChI is InChI=1S/C17H25N5O2S/c1-4-14-6-8-15(9-7-14)25(23,24)20-11-10-19-17-12-16(18-5-2)21-13(3)22-17/h6-9,12,20H,4-5,10-11H2,1-3H3,(H2,18,19,21,22). The van der Waals surface area contributed by atoms with E-state index in [1.807, 2.05) is 32.9 Å². The van der Waals surface area contributed by atoms with Gasteiger partial charge in [0.1, 0.15) is 17.5 Å². The first-order chi connectivity index (χ1) is 11.9. The molecular formula is C17H25N5O2S. The first-order valence-electron chi connectivity index (χ1n) is 8.36. The van der Waals surface area contributed by atoms with Gasteiger partial charge in [0.05, 0.1) is 4.90 Å². The maximum Gasteiger partial charge on any atom is 0.240 e. The Morgan fingerprint density at radius 2 is 1.60 bits per heavy atom. The van der Waals surface area contributed by atoms with Gasteiger partial charge in [-0.1, -0.05) is 19.1 Å². The summed E-state index contributed by atoms with van der Waals surface area (Å²) in [5.74, 6) is 2.06. The fourth-order valence-corrected chi connectivity index (χ4v) is 3.33. The smallest absolute Gasteiger partial charge is 0.240 e. The summed E-state index contributed by atoms with van der Waals surface area (Å²) in [4.78, 5) is 8.83. The fourth-order valence-electron chi connectivity index (χ4n) is 2.29. The van der Waals surface area contributed by atoms with Crippen LogP contribution in [0.25, 0.3) is 0 Å². The minimum Gasteiger partial charge on any atom is -0.370 e. The monoisotopic (exact) mass is 363 g/mol. The number of rotatable bonds is 9. The van der Waals surface area contributed by atoms with Crippen molar-refractivity contribution in [3.63, 3.8) is 0 Å². The third-order valence-electron chi connectivity index (χ3n) is 3.56. The van der Waals surface area contributed by atoms with Gasteiger partial charge >= 0.3 is 0 Å². The van der Waals surface area contributed by atoms with E-state index in [9.17, 15) is 8.42 Å². The molecule has 1 aromatic carbocycles. The van der Waals surface area contributed by atoms with Crippen LogP contribution >= 0.6 is 0 Å². The molecule has 0 radical (unpaired) electrons. The molecule has 0 aliphatic carbocycles. The summed E-state index contributed by atoms with van der Waals surface area (Å²) >= 11 is 0. The molecule has 2 aromatic rings. The Bertz CT molecular complexity index is 791. The van der Waals surface area contributed by atoms with Crippen molar-refractivity contribution in [2.75, 3.05) is 30.3 Å². The molecule has 0 unspecified atom stereocenters. The molecule has 0 saturated heterocycles. The van der Waals surface area contributed by atoms with Crippen molar-refractivity contribution in [2.24, 2.45) is 0 Å². The maximum atomic E-state index is 12.3. The van der Waals surface area contributed by atoms with E-state index in [1.54, 1.807) is 18.2 Å². The van der Waals surface area contributed by atoms with Crippen LogP contribution in [0.5, 0.6) is 0 Å². The summed E-state index contributed by atoms with van der Waals surface area (Å²) in [6.45, 7) is 7.29. The summed E-state index contributed by atoms with van der Waals surface area (Å²) in [6, 6.07) is 8.72. The second kappa shape index (κ2) is 8.77. The van der Waals surface area contributed by atoms with Gasteiger partial charge in [0.2, 0.25) is 10.0 Å². The quantitative estimate of drug-likeness (QED) is 0.591. The summed E-state index contributed by atoms with van der Waals surface area (Å²) in [6.07, 6.45) is 0.880. The number of aryl methyl sites for hydroxylation is 2. The zero-order valence-electron chi connectivity index (χ0n) is 14.8. The SMILES string of the molecule is CCNc1cc(NCCNS(=O)(=O)c2ccc(CC)cc2)nc(C)n1.